The molecule has 0 aliphatic rings. The summed E-state index contributed by atoms with van der Waals surface area (Å²) >= 11 is 3.07. The van der Waals surface area contributed by atoms with Crippen LogP contribution in [0.3, 0.4) is 0 Å². The molecule has 122 valence electrons. The molecule has 1 aromatic carbocycles. The first kappa shape index (κ1) is 17.6. The van der Waals surface area contributed by atoms with Gasteiger partial charge >= 0.3 is 5.97 Å². The minimum Gasteiger partial charge on any atom is -0.451 e. The van der Waals surface area contributed by atoms with Crippen molar-refractivity contribution in [2.75, 3.05) is 18.9 Å². The highest BCUT2D eigenvalue weighted by Crippen LogP contribution is 2.16. The van der Waals surface area contributed by atoms with Gasteiger partial charge in [-0.1, -0.05) is 30.3 Å². The van der Waals surface area contributed by atoms with Gasteiger partial charge in [-0.25, -0.2) is 4.79 Å². The average molecular weight is 349 g/mol. The van der Waals surface area contributed by atoms with Gasteiger partial charge in [0.1, 0.15) is 4.88 Å². The zero-order valence-electron chi connectivity index (χ0n) is 12.9. The van der Waals surface area contributed by atoms with E-state index in [1.165, 1.54) is 16.9 Å². The molecule has 1 heterocycles. The van der Waals surface area contributed by atoms with Crippen LogP contribution in [0.1, 0.15) is 20.8 Å². The second kappa shape index (κ2) is 9.37. The van der Waals surface area contributed by atoms with Gasteiger partial charge in [0.05, 0.1) is 0 Å². The van der Waals surface area contributed by atoms with Gasteiger partial charge in [0.25, 0.3) is 5.91 Å². The summed E-state index contributed by atoms with van der Waals surface area (Å²) in [6, 6.07) is 12.0. The predicted molar refractivity (Wildman–Crippen MR) is 95.0 cm³/mol. The Morgan fingerprint density at radius 2 is 2.00 bits per heavy atom. The smallest absolute Gasteiger partial charge is 0.349 e. The lowest BCUT2D eigenvalue weighted by molar-refractivity contribution is -0.124. The fraction of sp³-hybridized carbons (Fsp3) is 0.294. The number of thioether (sulfide) groups is 1. The van der Waals surface area contributed by atoms with Crippen LogP contribution in [0.2, 0.25) is 0 Å². The molecule has 2 rings (SSSR count). The van der Waals surface area contributed by atoms with E-state index in [1.807, 2.05) is 36.6 Å². The molecule has 0 atom stereocenters. The minimum atomic E-state index is -0.439. The number of hydrogen-bond donors (Lipinski definition) is 1. The Morgan fingerprint density at radius 3 is 2.70 bits per heavy atom. The molecular weight excluding hydrogens is 330 g/mol. The first-order chi connectivity index (χ1) is 11.2. The molecule has 0 aliphatic heterocycles. The number of aryl methyl sites for hydroxylation is 1. The van der Waals surface area contributed by atoms with Crippen molar-refractivity contribution in [1.29, 1.82) is 0 Å². The normalized spacial score (nSPS) is 10.3. The van der Waals surface area contributed by atoms with Crippen LogP contribution in [0.4, 0.5) is 0 Å². The summed E-state index contributed by atoms with van der Waals surface area (Å²) in [5.74, 6) is 1.03. The minimum absolute atomic E-state index is 0.237. The van der Waals surface area contributed by atoms with Gasteiger partial charge in [0, 0.05) is 18.1 Å². The van der Waals surface area contributed by atoms with Gasteiger partial charge in [-0.05, 0) is 29.5 Å². The third kappa shape index (κ3) is 6.08. The van der Waals surface area contributed by atoms with Crippen LogP contribution in [-0.2, 0) is 15.3 Å². The molecule has 0 aliphatic carbocycles. The molecule has 0 unspecified atom stereocenters. The standard InChI is InChI=1S/C17H19NO3S2/c1-13-7-9-23-16(13)17(20)21-11-15(19)18-8-10-22-12-14-5-3-2-4-6-14/h2-7,9H,8,10-12H2,1H3,(H,18,19). The second-order valence-electron chi connectivity index (χ2n) is 4.90. The lowest BCUT2D eigenvalue weighted by Crippen LogP contribution is -2.30. The summed E-state index contributed by atoms with van der Waals surface area (Å²) in [7, 11) is 0. The maximum Gasteiger partial charge on any atom is 0.349 e. The number of nitrogens with one attached hydrogen (secondary N) is 1. The Bertz CT molecular complexity index is 640. The molecule has 6 heteroatoms. The molecular formula is C17H19NO3S2. The number of ether oxygens (including phenoxy) is 1. The number of amides is 1. The van der Waals surface area contributed by atoms with Crippen LogP contribution in [0, 0.1) is 6.92 Å². The highest BCUT2D eigenvalue weighted by Gasteiger charge is 2.13. The second-order valence-corrected chi connectivity index (χ2v) is 6.92. The van der Waals surface area contributed by atoms with Crippen molar-refractivity contribution in [3.63, 3.8) is 0 Å². The zero-order chi connectivity index (χ0) is 16.5. The zero-order valence-corrected chi connectivity index (χ0v) is 14.5. The molecule has 2 aromatic rings. The first-order valence-corrected chi connectivity index (χ1v) is 9.30. The van der Waals surface area contributed by atoms with E-state index in [0.717, 1.165) is 17.1 Å². The quantitative estimate of drug-likeness (QED) is 0.587. The highest BCUT2D eigenvalue weighted by atomic mass is 32.2. The van der Waals surface area contributed by atoms with Gasteiger partial charge in [-0.3, -0.25) is 4.79 Å². The SMILES string of the molecule is Cc1ccsc1C(=O)OCC(=O)NCCSCc1ccccc1. The van der Waals surface area contributed by atoms with Gasteiger partial charge in [0.2, 0.25) is 0 Å². The van der Waals surface area contributed by atoms with Crippen molar-refractivity contribution in [2.24, 2.45) is 0 Å². The molecule has 23 heavy (non-hydrogen) atoms. The van der Waals surface area contributed by atoms with Crippen molar-refractivity contribution in [2.45, 2.75) is 12.7 Å². The number of thiophene rings is 1. The van der Waals surface area contributed by atoms with E-state index in [1.54, 1.807) is 11.8 Å². The van der Waals surface area contributed by atoms with Crippen molar-refractivity contribution in [3.8, 4) is 0 Å². The molecule has 1 amide bonds. The van der Waals surface area contributed by atoms with E-state index in [4.69, 9.17) is 4.74 Å². The highest BCUT2D eigenvalue weighted by molar-refractivity contribution is 7.98. The molecule has 1 N–H and O–H groups in total. The summed E-state index contributed by atoms with van der Waals surface area (Å²) in [6.45, 7) is 2.17. The number of rotatable bonds is 8. The Morgan fingerprint density at radius 1 is 1.22 bits per heavy atom. The van der Waals surface area contributed by atoms with E-state index in [2.05, 4.69) is 17.4 Å². The van der Waals surface area contributed by atoms with E-state index in [-0.39, 0.29) is 12.5 Å². The predicted octanol–water partition coefficient (Wildman–Crippen LogP) is 3.26. The Balaban J connectivity index is 1.57. The molecule has 0 saturated heterocycles. The van der Waals surface area contributed by atoms with Crippen molar-refractivity contribution >= 4 is 35.0 Å². The maximum atomic E-state index is 11.8. The monoisotopic (exact) mass is 349 g/mol. The Labute approximate surface area is 144 Å². The molecule has 0 radical (unpaired) electrons. The lowest BCUT2D eigenvalue weighted by Gasteiger charge is -2.06. The van der Waals surface area contributed by atoms with Crippen molar-refractivity contribution < 1.29 is 14.3 Å². The Kier molecular flexibility index (Phi) is 7.16. The average Bonchev–Trinajstić information content (AvgIpc) is 2.99. The summed E-state index contributed by atoms with van der Waals surface area (Å²) in [5.41, 5.74) is 2.14. The summed E-state index contributed by atoms with van der Waals surface area (Å²) in [5, 5.41) is 4.58. The number of benzene rings is 1. The van der Waals surface area contributed by atoms with E-state index < -0.39 is 5.97 Å². The van der Waals surface area contributed by atoms with Crippen LogP contribution in [-0.4, -0.2) is 30.8 Å². The van der Waals surface area contributed by atoms with E-state index >= 15 is 0 Å². The number of carbonyl (C=O) groups is 2. The van der Waals surface area contributed by atoms with Gasteiger partial charge in [-0.2, -0.15) is 11.8 Å². The molecule has 0 spiro atoms. The van der Waals surface area contributed by atoms with Crippen molar-refractivity contribution in [3.05, 3.63) is 57.8 Å². The van der Waals surface area contributed by atoms with E-state index in [0.29, 0.717) is 11.4 Å². The topological polar surface area (TPSA) is 55.4 Å². The van der Waals surface area contributed by atoms with Crippen molar-refractivity contribution in [1.82, 2.24) is 5.32 Å². The molecule has 4 nitrogen and oxygen atoms in total. The van der Waals surface area contributed by atoms with Crippen LogP contribution in [0.5, 0.6) is 0 Å². The fourth-order valence-corrected chi connectivity index (χ4v) is 3.49. The third-order valence-corrected chi connectivity index (χ3v) is 5.09. The van der Waals surface area contributed by atoms with Gasteiger partial charge in [0.15, 0.2) is 6.61 Å². The summed E-state index contributed by atoms with van der Waals surface area (Å²) in [6.07, 6.45) is 0. The molecule has 0 fully saturated rings. The van der Waals surface area contributed by atoms with Crippen LogP contribution >= 0.6 is 23.1 Å². The lowest BCUT2D eigenvalue weighted by atomic mass is 10.2. The van der Waals surface area contributed by atoms with Crippen LogP contribution in [0.25, 0.3) is 0 Å². The summed E-state index contributed by atoms with van der Waals surface area (Å²) < 4.78 is 5.01. The van der Waals surface area contributed by atoms with Gasteiger partial charge < -0.3 is 10.1 Å². The van der Waals surface area contributed by atoms with E-state index in [9.17, 15) is 9.59 Å². The maximum absolute atomic E-state index is 11.8. The van der Waals surface area contributed by atoms with Crippen LogP contribution in [0.15, 0.2) is 41.8 Å². The largest absolute Gasteiger partial charge is 0.451 e. The van der Waals surface area contributed by atoms with Gasteiger partial charge in [-0.15, -0.1) is 11.3 Å². The molecule has 1 aromatic heterocycles. The number of carbonyl (C=O) groups excluding carboxylic acids is 2. The fourth-order valence-electron chi connectivity index (χ4n) is 1.86. The van der Waals surface area contributed by atoms with Crippen LogP contribution < -0.4 is 5.32 Å². The molecule has 0 saturated carbocycles. The number of esters is 1. The summed E-state index contributed by atoms with van der Waals surface area (Å²) in [4.78, 5) is 24.0. The Hall–Kier alpha value is -1.79. The third-order valence-electron chi connectivity index (χ3n) is 3.06. The number of hydrogen-bond acceptors (Lipinski definition) is 5. The molecule has 0 bridgehead atoms. The first-order valence-electron chi connectivity index (χ1n) is 7.26.